The van der Waals surface area contributed by atoms with Crippen LogP contribution >= 0.6 is 0 Å². The van der Waals surface area contributed by atoms with Gasteiger partial charge in [0.15, 0.2) is 9.84 Å². The maximum absolute atomic E-state index is 11.8. The standard InChI is InChI=1S/C17H19N3O2S/c1-23(21,22)17-10-5-3-8-15(17)18-11-6-12-20-13-19-14-7-2-4-9-16(14)20/h2-5,7-10,13,18H,6,11-12H2,1H3. The zero-order valence-corrected chi connectivity index (χ0v) is 13.8. The van der Waals surface area contributed by atoms with Crippen LogP contribution in [0.15, 0.2) is 59.8 Å². The smallest absolute Gasteiger partial charge is 0.177 e. The number of para-hydroxylation sites is 3. The van der Waals surface area contributed by atoms with E-state index in [0.717, 1.165) is 24.0 Å². The van der Waals surface area contributed by atoms with E-state index in [4.69, 9.17) is 0 Å². The van der Waals surface area contributed by atoms with Crippen molar-refractivity contribution in [3.05, 3.63) is 54.9 Å². The Labute approximate surface area is 135 Å². The molecule has 0 aliphatic carbocycles. The fourth-order valence-corrected chi connectivity index (χ4v) is 3.46. The number of hydrogen-bond donors (Lipinski definition) is 1. The molecular weight excluding hydrogens is 310 g/mol. The quantitative estimate of drug-likeness (QED) is 0.706. The molecule has 1 N–H and O–H groups in total. The van der Waals surface area contributed by atoms with Gasteiger partial charge in [-0.1, -0.05) is 24.3 Å². The third-order valence-electron chi connectivity index (χ3n) is 3.71. The third kappa shape index (κ3) is 3.53. The van der Waals surface area contributed by atoms with Crippen molar-refractivity contribution < 1.29 is 8.42 Å². The van der Waals surface area contributed by atoms with Gasteiger partial charge < -0.3 is 9.88 Å². The second-order valence-corrected chi connectivity index (χ2v) is 7.46. The molecule has 0 unspecified atom stereocenters. The summed E-state index contributed by atoms with van der Waals surface area (Å²) >= 11 is 0. The van der Waals surface area contributed by atoms with Gasteiger partial charge in [-0.15, -0.1) is 0 Å². The van der Waals surface area contributed by atoms with E-state index in [-0.39, 0.29) is 0 Å². The summed E-state index contributed by atoms with van der Waals surface area (Å²) in [6.07, 6.45) is 3.94. The van der Waals surface area contributed by atoms with Gasteiger partial charge in [-0.25, -0.2) is 13.4 Å². The van der Waals surface area contributed by atoms with Crippen molar-refractivity contribution in [2.24, 2.45) is 0 Å². The summed E-state index contributed by atoms with van der Waals surface area (Å²) in [6.45, 7) is 1.52. The fraction of sp³-hybridized carbons (Fsp3) is 0.235. The van der Waals surface area contributed by atoms with E-state index >= 15 is 0 Å². The zero-order chi connectivity index (χ0) is 16.3. The monoisotopic (exact) mass is 329 g/mol. The topological polar surface area (TPSA) is 64.0 Å². The maximum Gasteiger partial charge on any atom is 0.177 e. The van der Waals surface area contributed by atoms with Crippen LogP contribution in [-0.2, 0) is 16.4 Å². The molecule has 120 valence electrons. The number of aryl methyl sites for hydroxylation is 1. The first-order chi connectivity index (χ1) is 11.1. The van der Waals surface area contributed by atoms with Crippen molar-refractivity contribution in [1.29, 1.82) is 0 Å². The summed E-state index contributed by atoms with van der Waals surface area (Å²) in [5.41, 5.74) is 2.76. The summed E-state index contributed by atoms with van der Waals surface area (Å²) < 4.78 is 25.6. The first-order valence-electron chi connectivity index (χ1n) is 7.48. The van der Waals surface area contributed by atoms with Crippen LogP contribution in [0.25, 0.3) is 11.0 Å². The second kappa shape index (κ2) is 6.42. The SMILES string of the molecule is CS(=O)(=O)c1ccccc1NCCCn1cnc2ccccc21. The Morgan fingerprint density at radius 3 is 2.65 bits per heavy atom. The van der Waals surface area contributed by atoms with E-state index in [1.165, 1.54) is 6.26 Å². The summed E-state index contributed by atoms with van der Waals surface area (Å²) in [4.78, 5) is 4.71. The summed E-state index contributed by atoms with van der Waals surface area (Å²) in [7, 11) is -3.22. The van der Waals surface area contributed by atoms with Gasteiger partial charge in [0, 0.05) is 19.3 Å². The van der Waals surface area contributed by atoms with Crippen LogP contribution in [0.3, 0.4) is 0 Å². The summed E-state index contributed by atoms with van der Waals surface area (Å²) in [6, 6.07) is 15.0. The first kappa shape index (κ1) is 15.6. The van der Waals surface area contributed by atoms with Gasteiger partial charge in [0.25, 0.3) is 0 Å². The largest absolute Gasteiger partial charge is 0.384 e. The molecule has 3 aromatic rings. The van der Waals surface area contributed by atoms with E-state index in [0.29, 0.717) is 17.1 Å². The minimum Gasteiger partial charge on any atom is -0.384 e. The summed E-state index contributed by atoms with van der Waals surface area (Å²) in [5, 5.41) is 3.22. The molecule has 6 heteroatoms. The Bertz CT molecular complexity index is 916. The number of fused-ring (bicyclic) bond motifs is 1. The second-order valence-electron chi connectivity index (χ2n) is 5.48. The van der Waals surface area contributed by atoms with Crippen LogP contribution in [-0.4, -0.2) is 30.8 Å². The van der Waals surface area contributed by atoms with Crippen LogP contribution in [0.1, 0.15) is 6.42 Å². The van der Waals surface area contributed by atoms with Crippen molar-refractivity contribution in [2.75, 3.05) is 18.1 Å². The molecule has 5 nitrogen and oxygen atoms in total. The van der Waals surface area contributed by atoms with E-state index in [2.05, 4.69) is 20.9 Å². The minimum atomic E-state index is -3.22. The van der Waals surface area contributed by atoms with Gasteiger partial charge in [-0.3, -0.25) is 0 Å². The lowest BCUT2D eigenvalue weighted by atomic mass is 10.3. The van der Waals surface area contributed by atoms with E-state index < -0.39 is 9.84 Å². The number of rotatable bonds is 6. The molecular formula is C17H19N3O2S. The van der Waals surface area contributed by atoms with Crippen LogP contribution in [0, 0.1) is 0 Å². The molecule has 0 radical (unpaired) electrons. The van der Waals surface area contributed by atoms with E-state index in [9.17, 15) is 8.42 Å². The lowest BCUT2D eigenvalue weighted by Gasteiger charge is -2.11. The Balaban J connectivity index is 1.63. The highest BCUT2D eigenvalue weighted by molar-refractivity contribution is 7.90. The van der Waals surface area contributed by atoms with Gasteiger partial charge in [-0.05, 0) is 30.7 Å². The minimum absolute atomic E-state index is 0.341. The van der Waals surface area contributed by atoms with Crippen molar-refractivity contribution in [1.82, 2.24) is 9.55 Å². The Kier molecular flexibility index (Phi) is 4.34. The first-order valence-corrected chi connectivity index (χ1v) is 9.38. The fourth-order valence-electron chi connectivity index (χ4n) is 2.60. The van der Waals surface area contributed by atoms with Crippen LogP contribution in [0.4, 0.5) is 5.69 Å². The Morgan fingerprint density at radius 2 is 1.83 bits per heavy atom. The van der Waals surface area contributed by atoms with Gasteiger partial charge >= 0.3 is 0 Å². The van der Waals surface area contributed by atoms with Crippen LogP contribution < -0.4 is 5.32 Å². The number of imidazole rings is 1. The molecule has 3 rings (SSSR count). The molecule has 2 aromatic carbocycles. The summed E-state index contributed by atoms with van der Waals surface area (Å²) in [5.74, 6) is 0. The molecule has 23 heavy (non-hydrogen) atoms. The highest BCUT2D eigenvalue weighted by atomic mass is 32.2. The number of nitrogens with zero attached hydrogens (tertiary/aromatic N) is 2. The van der Waals surface area contributed by atoms with Crippen LogP contribution in [0.5, 0.6) is 0 Å². The number of sulfone groups is 1. The lowest BCUT2D eigenvalue weighted by molar-refractivity contribution is 0.602. The Morgan fingerprint density at radius 1 is 1.09 bits per heavy atom. The maximum atomic E-state index is 11.8. The molecule has 1 heterocycles. The van der Waals surface area contributed by atoms with Crippen molar-refractivity contribution in [3.8, 4) is 0 Å². The van der Waals surface area contributed by atoms with Gasteiger partial charge in [-0.2, -0.15) is 0 Å². The molecule has 0 spiro atoms. The molecule has 1 aromatic heterocycles. The zero-order valence-electron chi connectivity index (χ0n) is 12.9. The normalized spacial score (nSPS) is 11.7. The highest BCUT2D eigenvalue weighted by Crippen LogP contribution is 2.20. The molecule has 0 atom stereocenters. The number of benzene rings is 2. The molecule has 0 fully saturated rings. The van der Waals surface area contributed by atoms with Crippen molar-refractivity contribution >= 4 is 26.6 Å². The van der Waals surface area contributed by atoms with Gasteiger partial charge in [0.05, 0.1) is 27.9 Å². The third-order valence-corrected chi connectivity index (χ3v) is 4.86. The lowest BCUT2D eigenvalue weighted by Crippen LogP contribution is -2.09. The average molecular weight is 329 g/mol. The van der Waals surface area contributed by atoms with Crippen molar-refractivity contribution in [3.63, 3.8) is 0 Å². The van der Waals surface area contributed by atoms with Crippen molar-refractivity contribution in [2.45, 2.75) is 17.9 Å². The number of hydrogen-bond acceptors (Lipinski definition) is 4. The molecule has 0 saturated heterocycles. The number of nitrogens with one attached hydrogen (secondary N) is 1. The molecule has 0 aliphatic heterocycles. The molecule has 0 amide bonds. The van der Waals surface area contributed by atoms with Gasteiger partial charge in [0.1, 0.15) is 0 Å². The number of anilines is 1. The predicted octanol–water partition coefficient (Wildman–Crippen LogP) is 2.94. The van der Waals surface area contributed by atoms with E-state index in [1.54, 1.807) is 18.2 Å². The van der Waals surface area contributed by atoms with Crippen LogP contribution in [0.2, 0.25) is 0 Å². The molecule has 0 aliphatic rings. The number of aromatic nitrogens is 2. The Hall–Kier alpha value is -2.34. The predicted molar refractivity (Wildman–Crippen MR) is 92.4 cm³/mol. The highest BCUT2D eigenvalue weighted by Gasteiger charge is 2.11. The van der Waals surface area contributed by atoms with Gasteiger partial charge in [0.2, 0.25) is 0 Å². The molecule has 0 bridgehead atoms. The van der Waals surface area contributed by atoms with E-state index in [1.807, 2.05) is 30.6 Å². The molecule has 0 saturated carbocycles. The average Bonchev–Trinajstić information content (AvgIpc) is 2.94.